The minimum Gasteiger partial charge on any atom is -0.494 e. The topological polar surface area (TPSA) is 20.5 Å². The Kier molecular flexibility index (Phi) is 7.65. The van der Waals surface area contributed by atoms with E-state index >= 15 is 0 Å². The summed E-state index contributed by atoms with van der Waals surface area (Å²) in [4.78, 5) is 0. The zero-order valence-electron chi connectivity index (χ0n) is 17.4. The van der Waals surface area contributed by atoms with Crippen LogP contribution >= 0.6 is 0 Å². The SMILES string of the molecule is CCOc1ccc(-c2cc(-c3ccccc3)cc(-c3ccccc3)[o+]2)cc1.F[B-](F)(F)F. The molecule has 0 saturated carbocycles. The van der Waals surface area contributed by atoms with Crippen molar-refractivity contribution in [3.63, 3.8) is 0 Å². The summed E-state index contributed by atoms with van der Waals surface area (Å²) in [5.41, 5.74) is 4.37. The normalized spacial score (nSPS) is 10.8. The molecule has 4 aromatic rings. The number of benzene rings is 3. The molecular formula is C25H21BF4O2. The summed E-state index contributed by atoms with van der Waals surface area (Å²) in [7, 11) is -6.00. The fourth-order valence-electron chi connectivity index (χ4n) is 3.07. The highest BCUT2D eigenvalue weighted by Crippen LogP contribution is 2.33. The first-order valence-corrected chi connectivity index (χ1v) is 10.0. The molecule has 32 heavy (non-hydrogen) atoms. The van der Waals surface area contributed by atoms with Crippen molar-refractivity contribution in [1.82, 2.24) is 0 Å². The van der Waals surface area contributed by atoms with Crippen molar-refractivity contribution >= 4 is 7.25 Å². The summed E-state index contributed by atoms with van der Waals surface area (Å²) >= 11 is 0. The first-order chi connectivity index (χ1) is 15.3. The Balaban J connectivity index is 0.000000523. The summed E-state index contributed by atoms with van der Waals surface area (Å²) in [5.74, 6) is 2.54. The molecule has 4 rings (SSSR count). The van der Waals surface area contributed by atoms with Gasteiger partial charge < -0.3 is 22.0 Å². The second-order valence-electron chi connectivity index (χ2n) is 6.76. The average molecular weight is 440 g/mol. The van der Waals surface area contributed by atoms with Gasteiger partial charge in [0.1, 0.15) is 5.75 Å². The van der Waals surface area contributed by atoms with Gasteiger partial charge in [-0.25, -0.2) is 4.42 Å². The molecule has 0 unspecified atom stereocenters. The van der Waals surface area contributed by atoms with Gasteiger partial charge in [-0.05, 0) is 48.9 Å². The Morgan fingerprint density at radius 3 is 1.53 bits per heavy atom. The highest BCUT2D eigenvalue weighted by Gasteiger charge is 2.21. The van der Waals surface area contributed by atoms with Gasteiger partial charge in [-0.15, -0.1) is 0 Å². The van der Waals surface area contributed by atoms with Crippen LogP contribution in [0.1, 0.15) is 6.92 Å². The lowest BCUT2D eigenvalue weighted by Gasteiger charge is -2.04. The van der Waals surface area contributed by atoms with Crippen LogP contribution in [0.2, 0.25) is 0 Å². The predicted octanol–water partition coefficient (Wildman–Crippen LogP) is 8.26. The smallest absolute Gasteiger partial charge is 0.494 e. The van der Waals surface area contributed by atoms with Crippen LogP contribution in [0.4, 0.5) is 17.3 Å². The third-order valence-corrected chi connectivity index (χ3v) is 4.41. The molecular weight excluding hydrogens is 419 g/mol. The van der Waals surface area contributed by atoms with E-state index in [4.69, 9.17) is 9.15 Å². The van der Waals surface area contributed by atoms with Gasteiger partial charge in [-0.3, -0.25) is 0 Å². The van der Waals surface area contributed by atoms with Gasteiger partial charge in [0, 0.05) is 5.56 Å². The van der Waals surface area contributed by atoms with Gasteiger partial charge >= 0.3 is 18.8 Å². The van der Waals surface area contributed by atoms with Gasteiger partial charge in [0.05, 0.1) is 29.9 Å². The predicted molar refractivity (Wildman–Crippen MR) is 121 cm³/mol. The first kappa shape index (κ1) is 23.1. The molecule has 2 nitrogen and oxygen atoms in total. The summed E-state index contributed by atoms with van der Waals surface area (Å²) in [6.07, 6.45) is 0. The van der Waals surface area contributed by atoms with Crippen LogP contribution in [0.3, 0.4) is 0 Å². The van der Waals surface area contributed by atoms with Crippen molar-refractivity contribution in [2.24, 2.45) is 0 Å². The third-order valence-electron chi connectivity index (χ3n) is 4.41. The van der Waals surface area contributed by atoms with Crippen molar-refractivity contribution in [3.05, 3.63) is 97.1 Å². The summed E-state index contributed by atoms with van der Waals surface area (Å²) in [6.45, 7) is 2.64. The number of hydrogen-bond acceptors (Lipinski definition) is 1. The van der Waals surface area contributed by atoms with Gasteiger partial charge in [0.2, 0.25) is 0 Å². The molecule has 0 atom stereocenters. The van der Waals surface area contributed by atoms with Crippen molar-refractivity contribution < 1.29 is 26.4 Å². The third kappa shape index (κ3) is 6.98. The molecule has 7 heteroatoms. The second-order valence-corrected chi connectivity index (χ2v) is 6.76. The largest absolute Gasteiger partial charge is 0.673 e. The van der Waals surface area contributed by atoms with Crippen molar-refractivity contribution in [2.75, 3.05) is 6.61 Å². The van der Waals surface area contributed by atoms with E-state index in [0.717, 1.165) is 39.5 Å². The number of halogens is 4. The molecule has 1 heterocycles. The number of rotatable bonds is 5. The summed E-state index contributed by atoms with van der Waals surface area (Å²) in [6, 6.07) is 32.8. The van der Waals surface area contributed by atoms with E-state index in [1.165, 1.54) is 0 Å². The molecule has 0 spiro atoms. The maximum Gasteiger partial charge on any atom is 0.673 e. The van der Waals surface area contributed by atoms with Gasteiger partial charge in [0.15, 0.2) is 0 Å². The summed E-state index contributed by atoms with van der Waals surface area (Å²) in [5, 5.41) is 0. The minimum absolute atomic E-state index is 0.658. The summed E-state index contributed by atoms with van der Waals surface area (Å²) < 4.78 is 50.8. The fraction of sp³-hybridized carbons (Fsp3) is 0.0800. The van der Waals surface area contributed by atoms with Crippen LogP contribution in [-0.4, -0.2) is 13.9 Å². The molecule has 0 aliphatic carbocycles. The number of hydrogen-bond donors (Lipinski definition) is 0. The van der Waals surface area contributed by atoms with Crippen LogP contribution < -0.4 is 4.74 Å². The molecule has 3 aromatic carbocycles. The van der Waals surface area contributed by atoms with Gasteiger partial charge in [-0.1, -0.05) is 48.5 Å². The van der Waals surface area contributed by atoms with E-state index in [1.807, 2.05) is 55.5 Å². The average Bonchev–Trinajstić information content (AvgIpc) is 2.80. The molecule has 0 N–H and O–H groups in total. The fourth-order valence-corrected chi connectivity index (χ4v) is 3.07. The molecule has 0 fully saturated rings. The molecule has 0 radical (unpaired) electrons. The first-order valence-electron chi connectivity index (χ1n) is 10.0. The van der Waals surface area contributed by atoms with Crippen molar-refractivity contribution in [2.45, 2.75) is 6.92 Å². The van der Waals surface area contributed by atoms with E-state index in [1.54, 1.807) is 0 Å². The van der Waals surface area contributed by atoms with Gasteiger partial charge in [-0.2, -0.15) is 0 Å². The van der Waals surface area contributed by atoms with Crippen LogP contribution in [0.25, 0.3) is 33.8 Å². The van der Waals surface area contributed by atoms with E-state index in [9.17, 15) is 17.3 Å². The van der Waals surface area contributed by atoms with E-state index in [2.05, 4.69) is 48.5 Å². The van der Waals surface area contributed by atoms with E-state index < -0.39 is 7.25 Å². The molecule has 0 saturated heterocycles. The molecule has 164 valence electrons. The van der Waals surface area contributed by atoms with E-state index in [0.29, 0.717) is 6.61 Å². The lowest BCUT2D eigenvalue weighted by Crippen LogP contribution is -2.02. The minimum atomic E-state index is -6.00. The molecule has 0 bridgehead atoms. The van der Waals surface area contributed by atoms with Crippen LogP contribution in [-0.2, 0) is 0 Å². The standard InChI is InChI=1S/C25H21O2.BF4/c1-2-26-23-15-13-21(14-16-23)25-18-22(19-9-5-3-6-10-19)17-24(27-25)20-11-7-4-8-12-20;2-1(3,4)5/h3-18H,2H2,1H3;/q+1;-1. The van der Waals surface area contributed by atoms with Crippen molar-refractivity contribution in [1.29, 1.82) is 0 Å². The number of ether oxygens (including phenoxy) is 1. The van der Waals surface area contributed by atoms with E-state index in [-0.39, 0.29) is 0 Å². The van der Waals surface area contributed by atoms with Crippen molar-refractivity contribution in [3.8, 4) is 39.5 Å². The quantitative estimate of drug-likeness (QED) is 0.177. The zero-order chi connectivity index (χ0) is 23.0. The zero-order valence-corrected chi connectivity index (χ0v) is 17.4. The Labute approximate surface area is 184 Å². The Morgan fingerprint density at radius 2 is 1.06 bits per heavy atom. The molecule has 0 aliphatic heterocycles. The maximum absolute atomic E-state index is 9.75. The lowest BCUT2D eigenvalue weighted by molar-refractivity contribution is 0.340. The maximum atomic E-state index is 9.75. The van der Waals surface area contributed by atoms with Crippen LogP contribution in [0, 0.1) is 0 Å². The monoisotopic (exact) mass is 440 g/mol. The molecule has 1 aromatic heterocycles. The Morgan fingerprint density at radius 1 is 0.625 bits per heavy atom. The van der Waals surface area contributed by atoms with Crippen LogP contribution in [0.15, 0.2) is 101 Å². The van der Waals surface area contributed by atoms with Gasteiger partial charge in [0.25, 0.3) is 0 Å². The Bertz CT molecular complexity index is 1050. The Hall–Kier alpha value is -3.61. The lowest BCUT2D eigenvalue weighted by atomic mass is 10.0. The highest BCUT2D eigenvalue weighted by atomic mass is 19.5. The highest BCUT2D eigenvalue weighted by molar-refractivity contribution is 6.50. The molecule has 0 amide bonds. The van der Waals surface area contributed by atoms with Crippen LogP contribution in [0.5, 0.6) is 5.75 Å². The molecule has 0 aliphatic rings. The second kappa shape index (κ2) is 10.6.